The summed E-state index contributed by atoms with van der Waals surface area (Å²) in [6.45, 7) is 1.99. The topological polar surface area (TPSA) is 56.1 Å². The van der Waals surface area contributed by atoms with Crippen LogP contribution in [0.1, 0.15) is 18.7 Å². The molecule has 1 aromatic heterocycles. The van der Waals surface area contributed by atoms with Crippen molar-refractivity contribution in [2.75, 3.05) is 13.7 Å². The molecule has 0 fully saturated rings. The second-order valence-electron chi connectivity index (χ2n) is 3.15. The number of amides is 1. The molecule has 0 aliphatic heterocycles. The Morgan fingerprint density at radius 1 is 1.79 bits per heavy atom. The van der Waals surface area contributed by atoms with E-state index in [1.54, 1.807) is 12.5 Å². The zero-order chi connectivity index (χ0) is 10.6. The summed E-state index contributed by atoms with van der Waals surface area (Å²) in [5.74, 6) is -0.124. The van der Waals surface area contributed by atoms with E-state index in [1.165, 1.54) is 7.11 Å². The minimum absolute atomic E-state index is 0.0508. The molecule has 0 aliphatic carbocycles. The molecule has 0 spiro atoms. The normalized spacial score (nSPS) is 12.5. The van der Waals surface area contributed by atoms with Crippen molar-refractivity contribution in [1.82, 2.24) is 14.9 Å². The van der Waals surface area contributed by atoms with Gasteiger partial charge in [0.2, 0.25) is 5.91 Å². The number of carbonyl (C=O) groups is 1. The van der Waals surface area contributed by atoms with Crippen LogP contribution >= 0.6 is 0 Å². The van der Waals surface area contributed by atoms with Gasteiger partial charge in [-0.15, -0.1) is 0 Å². The number of aryl methyl sites for hydroxylation is 1. The zero-order valence-corrected chi connectivity index (χ0v) is 8.65. The van der Waals surface area contributed by atoms with Crippen LogP contribution in [0.15, 0.2) is 12.5 Å². The van der Waals surface area contributed by atoms with Crippen molar-refractivity contribution < 1.29 is 9.53 Å². The maximum atomic E-state index is 11.2. The van der Waals surface area contributed by atoms with Crippen LogP contribution in [-0.4, -0.2) is 29.2 Å². The molecule has 1 rings (SSSR count). The average molecular weight is 197 g/mol. The molecule has 1 heterocycles. The molecular formula is C9H15N3O2. The molecule has 0 aliphatic rings. The molecule has 0 radical (unpaired) electrons. The number of nitrogens with one attached hydrogen (secondary N) is 1. The van der Waals surface area contributed by atoms with Crippen LogP contribution in [0.25, 0.3) is 0 Å². The van der Waals surface area contributed by atoms with Crippen molar-refractivity contribution in [2.45, 2.75) is 13.0 Å². The van der Waals surface area contributed by atoms with E-state index < -0.39 is 0 Å². The van der Waals surface area contributed by atoms with Gasteiger partial charge in [0.25, 0.3) is 0 Å². The van der Waals surface area contributed by atoms with Crippen molar-refractivity contribution in [3.63, 3.8) is 0 Å². The summed E-state index contributed by atoms with van der Waals surface area (Å²) < 4.78 is 6.59. The lowest BCUT2D eigenvalue weighted by atomic mass is 10.2. The largest absolute Gasteiger partial charge is 0.375 e. The predicted octanol–water partition coefficient (Wildman–Crippen LogP) is 0.244. The van der Waals surface area contributed by atoms with Gasteiger partial charge in [-0.05, 0) is 6.92 Å². The highest BCUT2D eigenvalue weighted by Gasteiger charge is 2.11. The Labute approximate surface area is 83.1 Å². The minimum atomic E-state index is -0.124. The number of methoxy groups -OCH3 is 1. The molecule has 5 heteroatoms. The summed E-state index contributed by atoms with van der Waals surface area (Å²) in [6.07, 6.45) is 3.44. The molecule has 1 atom stereocenters. The van der Waals surface area contributed by atoms with Gasteiger partial charge in [0.05, 0.1) is 24.3 Å². The third-order valence-electron chi connectivity index (χ3n) is 1.95. The molecule has 14 heavy (non-hydrogen) atoms. The van der Waals surface area contributed by atoms with Crippen LogP contribution in [0.3, 0.4) is 0 Å². The van der Waals surface area contributed by atoms with Crippen LogP contribution in [0.5, 0.6) is 0 Å². The van der Waals surface area contributed by atoms with Crippen LogP contribution in [0.2, 0.25) is 0 Å². The molecule has 0 saturated heterocycles. The Hall–Kier alpha value is -1.36. The Morgan fingerprint density at radius 2 is 2.50 bits per heavy atom. The number of hydrogen-bond acceptors (Lipinski definition) is 3. The summed E-state index contributed by atoms with van der Waals surface area (Å²) >= 11 is 0. The van der Waals surface area contributed by atoms with Gasteiger partial charge in [-0.1, -0.05) is 0 Å². The molecule has 78 valence electrons. The lowest BCUT2D eigenvalue weighted by molar-refractivity contribution is -0.125. The number of ether oxygens (including phenoxy) is 1. The van der Waals surface area contributed by atoms with E-state index in [0.29, 0.717) is 0 Å². The number of aromatic nitrogens is 2. The fourth-order valence-electron chi connectivity index (χ4n) is 1.27. The average Bonchev–Trinajstić information content (AvgIpc) is 2.51. The van der Waals surface area contributed by atoms with Gasteiger partial charge in [-0.3, -0.25) is 4.79 Å². The Kier molecular flexibility index (Phi) is 3.64. The standard InChI is InChI=1S/C9H15N3O2/c1-7(11-9(13)5-14-3)8-4-10-6-12(8)2/h4,6-7H,5H2,1-3H3,(H,11,13)/t7-/m1/s1. The molecule has 0 saturated carbocycles. The van der Waals surface area contributed by atoms with Crippen LogP contribution in [0.4, 0.5) is 0 Å². The van der Waals surface area contributed by atoms with Gasteiger partial charge in [0.15, 0.2) is 0 Å². The third-order valence-corrected chi connectivity index (χ3v) is 1.95. The van der Waals surface area contributed by atoms with E-state index in [0.717, 1.165) is 5.69 Å². The Bertz CT molecular complexity index is 309. The van der Waals surface area contributed by atoms with Gasteiger partial charge in [-0.25, -0.2) is 4.98 Å². The summed E-state index contributed by atoms with van der Waals surface area (Å²) in [4.78, 5) is 15.2. The second kappa shape index (κ2) is 4.76. The second-order valence-corrected chi connectivity index (χ2v) is 3.15. The van der Waals surface area contributed by atoms with Crippen molar-refractivity contribution in [1.29, 1.82) is 0 Å². The van der Waals surface area contributed by atoms with Gasteiger partial charge < -0.3 is 14.6 Å². The number of hydrogen-bond donors (Lipinski definition) is 1. The van der Waals surface area contributed by atoms with E-state index in [1.807, 2.05) is 18.5 Å². The van der Waals surface area contributed by atoms with E-state index in [-0.39, 0.29) is 18.6 Å². The van der Waals surface area contributed by atoms with Crippen molar-refractivity contribution in [2.24, 2.45) is 7.05 Å². The first kappa shape index (κ1) is 10.7. The third kappa shape index (κ3) is 2.56. The van der Waals surface area contributed by atoms with Crippen molar-refractivity contribution in [3.8, 4) is 0 Å². The van der Waals surface area contributed by atoms with Crippen molar-refractivity contribution >= 4 is 5.91 Å². The van der Waals surface area contributed by atoms with Gasteiger partial charge in [-0.2, -0.15) is 0 Å². The van der Waals surface area contributed by atoms with Crippen LogP contribution < -0.4 is 5.32 Å². The number of imidazole rings is 1. The minimum Gasteiger partial charge on any atom is -0.375 e. The van der Waals surface area contributed by atoms with Gasteiger partial charge in [0.1, 0.15) is 6.61 Å². The first-order chi connectivity index (χ1) is 6.65. The fraction of sp³-hybridized carbons (Fsp3) is 0.556. The zero-order valence-electron chi connectivity index (χ0n) is 8.65. The molecule has 0 aromatic carbocycles. The molecule has 5 nitrogen and oxygen atoms in total. The first-order valence-electron chi connectivity index (χ1n) is 4.39. The maximum absolute atomic E-state index is 11.2. The number of carbonyl (C=O) groups excluding carboxylic acids is 1. The lowest BCUT2D eigenvalue weighted by Crippen LogP contribution is -2.30. The Balaban J connectivity index is 2.54. The highest BCUT2D eigenvalue weighted by atomic mass is 16.5. The van der Waals surface area contributed by atoms with E-state index in [2.05, 4.69) is 10.3 Å². The van der Waals surface area contributed by atoms with Gasteiger partial charge >= 0.3 is 0 Å². The molecule has 1 amide bonds. The summed E-state index contributed by atoms with van der Waals surface area (Å²) in [5.41, 5.74) is 0.967. The SMILES string of the molecule is COCC(=O)N[C@H](C)c1cncn1C. The first-order valence-corrected chi connectivity index (χ1v) is 4.39. The lowest BCUT2D eigenvalue weighted by Gasteiger charge is -2.13. The van der Waals surface area contributed by atoms with Gasteiger partial charge in [0, 0.05) is 14.2 Å². The van der Waals surface area contributed by atoms with E-state index >= 15 is 0 Å². The molecule has 1 N–H and O–H groups in total. The van der Waals surface area contributed by atoms with Crippen molar-refractivity contribution in [3.05, 3.63) is 18.2 Å². The maximum Gasteiger partial charge on any atom is 0.246 e. The van der Waals surface area contributed by atoms with E-state index in [4.69, 9.17) is 4.74 Å². The smallest absolute Gasteiger partial charge is 0.246 e. The predicted molar refractivity (Wildman–Crippen MR) is 51.6 cm³/mol. The quantitative estimate of drug-likeness (QED) is 0.752. The molecular weight excluding hydrogens is 182 g/mol. The Morgan fingerprint density at radius 3 is 3.00 bits per heavy atom. The summed E-state index contributed by atoms with van der Waals surface area (Å²) in [5, 5.41) is 2.80. The number of nitrogens with zero attached hydrogens (tertiary/aromatic N) is 2. The highest BCUT2D eigenvalue weighted by molar-refractivity contribution is 5.77. The molecule has 1 aromatic rings. The van der Waals surface area contributed by atoms with Crippen LogP contribution in [-0.2, 0) is 16.6 Å². The highest BCUT2D eigenvalue weighted by Crippen LogP contribution is 2.09. The monoisotopic (exact) mass is 197 g/mol. The summed E-state index contributed by atoms with van der Waals surface area (Å²) in [7, 11) is 3.38. The number of rotatable bonds is 4. The molecule has 0 unspecified atom stereocenters. The van der Waals surface area contributed by atoms with E-state index in [9.17, 15) is 4.79 Å². The van der Waals surface area contributed by atoms with Crippen LogP contribution in [0, 0.1) is 0 Å². The fourth-order valence-corrected chi connectivity index (χ4v) is 1.27. The molecule has 0 bridgehead atoms. The summed E-state index contributed by atoms with van der Waals surface area (Å²) in [6, 6.07) is -0.0508.